The number of hydroxylamine groups is 1. The average molecular weight is 259 g/mol. The second-order valence-electron chi connectivity index (χ2n) is 4.18. The molecule has 0 radical (unpaired) electrons. The Balaban J connectivity index is 2.53. The molecule has 3 N–H and O–H groups in total. The topological polar surface area (TPSA) is 91.3 Å². The van der Waals surface area contributed by atoms with Gasteiger partial charge < -0.3 is 5.32 Å². The molecule has 1 heterocycles. The minimum atomic E-state index is -0.657. The molecule has 1 aromatic carbocycles. The average Bonchev–Trinajstić information content (AvgIpc) is 2.37. The highest BCUT2D eigenvalue weighted by molar-refractivity contribution is 5.97. The van der Waals surface area contributed by atoms with Crippen LogP contribution in [0.25, 0.3) is 10.9 Å². The van der Waals surface area contributed by atoms with E-state index in [2.05, 4.69) is 10.3 Å². The van der Waals surface area contributed by atoms with E-state index in [1.165, 1.54) is 6.92 Å². The van der Waals surface area contributed by atoms with Gasteiger partial charge in [0.15, 0.2) is 0 Å². The van der Waals surface area contributed by atoms with Crippen molar-refractivity contribution in [2.45, 2.75) is 13.8 Å². The van der Waals surface area contributed by atoms with Crippen LogP contribution in [0, 0.1) is 6.92 Å². The van der Waals surface area contributed by atoms with E-state index >= 15 is 0 Å². The van der Waals surface area contributed by atoms with E-state index in [4.69, 9.17) is 5.21 Å². The number of carbonyl (C=O) groups is 2. The molecule has 2 rings (SSSR count). The summed E-state index contributed by atoms with van der Waals surface area (Å²) in [5.41, 5.74) is 3.81. The first-order chi connectivity index (χ1) is 9.01. The van der Waals surface area contributed by atoms with Crippen LogP contribution in [-0.2, 0) is 4.79 Å². The maximum Gasteiger partial charge on any atom is 0.293 e. The van der Waals surface area contributed by atoms with Crippen molar-refractivity contribution in [3.63, 3.8) is 0 Å². The molecule has 98 valence electrons. The predicted octanol–water partition coefficient (Wildman–Crippen LogP) is 1.62. The Labute approximate surface area is 109 Å². The standard InChI is InChI=1S/C13H13N3O3/c1-7-5-12(13(18)16-19)15-11-4-3-9(6-10(7)11)14-8(2)17/h3-6,19H,1-2H3,(H,14,17)(H,16,18). The molecule has 0 aliphatic heterocycles. The second kappa shape index (κ2) is 5.03. The van der Waals surface area contributed by atoms with Crippen LogP contribution >= 0.6 is 0 Å². The number of benzene rings is 1. The zero-order chi connectivity index (χ0) is 14.0. The van der Waals surface area contributed by atoms with Gasteiger partial charge in [-0.15, -0.1) is 0 Å². The van der Waals surface area contributed by atoms with Crippen molar-refractivity contribution in [2.24, 2.45) is 0 Å². The van der Waals surface area contributed by atoms with Crippen molar-refractivity contribution in [1.82, 2.24) is 10.5 Å². The highest BCUT2D eigenvalue weighted by atomic mass is 16.5. The molecule has 0 bridgehead atoms. The van der Waals surface area contributed by atoms with Crippen molar-refractivity contribution in [1.29, 1.82) is 0 Å². The molecule has 6 heteroatoms. The summed E-state index contributed by atoms with van der Waals surface area (Å²) in [5, 5.41) is 12.1. The molecule has 6 nitrogen and oxygen atoms in total. The maximum atomic E-state index is 11.3. The molecule has 19 heavy (non-hydrogen) atoms. The van der Waals surface area contributed by atoms with Crippen LogP contribution < -0.4 is 10.8 Å². The van der Waals surface area contributed by atoms with Crippen LogP contribution in [0.3, 0.4) is 0 Å². The van der Waals surface area contributed by atoms with E-state index in [-0.39, 0.29) is 11.6 Å². The SMILES string of the molecule is CC(=O)Nc1ccc2nc(C(=O)NO)cc(C)c2c1. The van der Waals surface area contributed by atoms with Gasteiger partial charge in [0.05, 0.1) is 5.52 Å². The molecule has 0 aliphatic carbocycles. The van der Waals surface area contributed by atoms with Crippen LogP contribution in [0.1, 0.15) is 23.0 Å². The molecule has 2 amide bonds. The van der Waals surface area contributed by atoms with Gasteiger partial charge in [-0.3, -0.25) is 14.8 Å². The van der Waals surface area contributed by atoms with E-state index in [0.29, 0.717) is 11.2 Å². The summed E-state index contributed by atoms with van der Waals surface area (Å²) in [5.74, 6) is -0.808. The third kappa shape index (κ3) is 2.69. The minimum Gasteiger partial charge on any atom is -0.326 e. The van der Waals surface area contributed by atoms with Gasteiger partial charge >= 0.3 is 0 Å². The van der Waals surface area contributed by atoms with Crippen LogP contribution in [0.4, 0.5) is 5.69 Å². The van der Waals surface area contributed by atoms with Crippen molar-refractivity contribution in [2.75, 3.05) is 5.32 Å². The summed E-state index contributed by atoms with van der Waals surface area (Å²) >= 11 is 0. The number of aryl methyl sites for hydroxylation is 1. The molecule has 0 spiro atoms. The highest BCUT2D eigenvalue weighted by Crippen LogP contribution is 2.22. The largest absolute Gasteiger partial charge is 0.326 e. The fraction of sp³-hybridized carbons (Fsp3) is 0.154. The van der Waals surface area contributed by atoms with Gasteiger partial charge in [0.25, 0.3) is 5.91 Å². The normalized spacial score (nSPS) is 10.3. The first-order valence-corrected chi connectivity index (χ1v) is 5.64. The summed E-state index contributed by atoms with van der Waals surface area (Å²) in [6.45, 7) is 3.26. The van der Waals surface area contributed by atoms with Crippen molar-refractivity contribution >= 4 is 28.4 Å². The zero-order valence-corrected chi connectivity index (χ0v) is 10.5. The van der Waals surface area contributed by atoms with E-state index < -0.39 is 5.91 Å². The number of hydrogen-bond acceptors (Lipinski definition) is 4. The van der Waals surface area contributed by atoms with Gasteiger partial charge in [-0.05, 0) is 36.8 Å². The van der Waals surface area contributed by atoms with Gasteiger partial charge in [-0.1, -0.05) is 0 Å². The number of amides is 2. The van der Waals surface area contributed by atoms with E-state index in [1.54, 1.807) is 29.7 Å². The minimum absolute atomic E-state index is 0.139. The number of fused-ring (bicyclic) bond motifs is 1. The summed E-state index contributed by atoms with van der Waals surface area (Å²) in [4.78, 5) is 26.5. The quantitative estimate of drug-likeness (QED) is 0.564. The van der Waals surface area contributed by atoms with Crippen LogP contribution in [0.2, 0.25) is 0 Å². The van der Waals surface area contributed by atoms with Gasteiger partial charge in [0.2, 0.25) is 5.91 Å². The number of pyridine rings is 1. The number of nitrogens with one attached hydrogen (secondary N) is 2. The number of rotatable bonds is 2. The van der Waals surface area contributed by atoms with Crippen molar-refractivity contribution in [3.05, 3.63) is 35.5 Å². The molecule has 0 unspecified atom stereocenters. The number of anilines is 1. The van der Waals surface area contributed by atoms with Crippen molar-refractivity contribution in [3.8, 4) is 0 Å². The lowest BCUT2D eigenvalue weighted by Gasteiger charge is -2.08. The molecule has 0 saturated heterocycles. The van der Waals surface area contributed by atoms with E-state index in [0.717, 1.165) is 10.9 Å². The number of carbonyl (C=O) groups excluding carboxylic acids is 2. The smallest absolute Gasteiger partial charge is 0.293 e. The Kier molecular flexibility index (Phi) is 3.43. The van der Waals surface area contributed by atoms with Gasteiger partial charge in [-0.25, -0.2) is 10.5 Å². The fourth-order valence-electron chi connectivity index (χ4n) is 1.85. The summed E-state index contributed by atoms with van der Waals surface area (Å²) < 4.78 is 0. The van der Waals surface area contributed by atoms with Crippen molar-refractivity contribution < 1.29 is 14.8 Å². The lowest BCUT2D eigenvalue weighted by atomic mass is 10.1. The first-order valence-electron chi connectivity index (χ1n) is 5.64. The molecule has 0 saturated carbocycles. The van der Waals surface area contributed by atoms with Gasteiger partial charge in [-0.2, -0.15) is 0 Å². The molecule has 0 fully saturated rings. The lowest BCUT2D eigenvalue weighted by Crippen LogP contribution is -2.20. The fourth-order valence-corrected chi connectivity index (χ4v) is 1.85. The highest BCUT2D eigenvalue weighted by Gasteiger charge is 2.10. The predicted molar refractivity (Wildman–Crippen MR) is 70.0 cm³/mol. The lowest BCUT2D eigenvalue weighted by molar-refractivity contribution is -0.114. The third-order valence-corrected chi connectivity index (χ3v) is 2.67. The Bertz CT molecular complexity index is 667. The third-order valence-electron chi connectivity index (χ3n) is 2.67. The zero-order valence-electron chi connectivity index (χ0n) is 10.5. The van der Waals surface area contributed by atoms with Gasteiger partial charge in [0.1, 0.15) is 5.69 Å². The Morgan fingerprint density at radius 3 is 2.63 bits per heavy atom. The molecule has 0 atom stereocenters. The first kappa shape index (κ1) is 13.0. The summed E-state index contributed by atoms with van der Waals surface area (Å²) in [6, 6.07) is 6.78. The number of aromatic nitrogens is 1. The summed E-state index contributed by atoms with van der Waals surface area (Å²) in [6.07, 6.45) is 0. The molecular weight excluding hydrogens is 246 g/mol. The van der Waals surface area contributed by atoms with E-state index in [1.807, 2.05) is 6.92 Å². The monoisotopic (exact) mass is 259 g/mol. The Morgan fingerprint density at radius 2 is 2.00 bits per heavy atom. The van der Waals surface area contributed by atoms with Crippen LogP contribution in [0.15, 0.2) is 24.3 Å². The molecular formula is C13H13N3O3. The summed E-state index contributed by atoms with van der Waals surface area (Å²) in [7, 11) is 0. The van der Waals surface area contributed by atoms with Gasteiger partial charge in [0, 0.05) is 18.0 Å². The molecule has 0 aliphatic rings. The van der Waals surface area contributed by atoms with E-state index in [9.17, 15) is 9.59 Å². The molecule has 1 aromatic heterocycles. The Morgan fingerprint density at radius 1 is 1.26 bits per heavy atom. The Hall–Kier alpha value is -2.47. The number of nitrogens with zero attached hydrogens (tertiary/aromatic N) is 1. The van der Waals surface area contributed by atoms with Crippen LogP contribution in [0.5, 0.6) is 0 Å². The molecule has 2 aromatic rings. The second-order valence-corrected chi connectivity index (χ2v) is 4.18. The van der Waals surface area contributed by atoms with Crippen LogP contribution in [-0.4, -0.2) is 22.0 Å². The number of hydrogen-bond donors (Lipinski definition) is 3. The maximum absolute atomic E-state index is 11.3.